The Kier molecular flexibility index (Phi) is 4.94. The minimum Gasteiger partial charge on any atom is -0.332 e. The fourth-order valence-corrected chi connectivity index (χ4v) is 2.89. The van der Waals surface area contributed by atoms with Gasteiger partial charge in [-0.05, 0) is 18.8 Å². The molecule has 3 nitrogen and oxygen atoms in total. The molecular formula is C12H15F6NO2. The third-order valence-electron chi connectivity index (χ3n) is 3.56. The number of hydrogen-bond donors (Lipinski definition) is 0. The van der Waals surface area contributed by atoms with Crippen molar-refractivity contribution in [1.82, 2.24) is 4.90 Å². The van der Waals surface area contributed by atoms with E-state index in [0.717, 1.165) is 18.7 Å². The van der Waals surface area contributed by atoms with Crippen molar-refractivity contribution in [3.05, 3.63) is 0 Å². The molecule has 9 heteroatoms. The Balaban J connectivity index is 3.10. The van der Waals surface area contributed by atoms with E-state index in [2.05, 4.69) is 0 Å². The third-order valence-corrected chi connectivity index (χ3v) is 3.56. The van der Waals surface area contributed by atoms with Crippen LogP contribution in [0, 0.1) is 11.8 Å². The van der Waals surface area contributed by atoms with Gasteiger partial charge >= 0.3 is 12.4 Å². The molecule has 122 valence electrons. The molecule has 1 rings (SSSR count). The molecule has 1 amide bonds. The zero-order valence-corrected chi connectivity index (χ0v) is 11.4. The molecule has 0 aliphatic carbocycles. The number of carbonyl (C=O) groups is 2. The van der Waals surface area contributed by atoms with Crippen molar-refractivity contribution in [2.45, 2.75) is 45.1 Å². The van der Waals surface area contributed by atoms with Crippen molar-refractivity contribution in [3.63, 3.8) is 0 Å². The number of alkyl halides is 6. The number of hydrogen-bond acceptors (Lipinski definition) is 2. The number of likely N-dealkylation sites (tertiary alicyclic amines) is 1. The Labute approximate surface area is 117 Å². The van der Waals surface area contributed by atoms with Crippen LogP contribution in [0.1, 0.15) is 26.7 Å². The van der Waals surface area contributed by atoms with Crippen LogP contribution in [0.2, 0.25) is 0 Å². The lowest BCUT2D eigenvalue weighted by Gasteiger charge is -2.26. The number of ketones is 1. The van der Waals surface area contributed by atoms with Crippen LogP contribution < -0.4 is 0 Å². The fraction of sp³-hybridized carbons (Fsp3) is 0.833. The third kappa shape index (κ3) is 4.89. The summed E-state index contributed by atoms with van der Waals surface area (Å²) in [4.78, 5) is 23.7. The Hall–Kier alpha value is -1.28. The van der Waals surface area contributed by atoms with Gasteiger partial charge in [-0.1, -0.05) is 0 Å². The second kappa shape index (κ2) is 5.84. The monoisotopic (exact) mass is 319 g/mol. The molecule has 3 atom stereocenters. The zero-order chi connectivity index (χ0) is 16.6. The zero-order valence-electron chi connectivity index (χ0n) is 11.4. The SMILES string of the molecule is CC(=O)C1C(CC(F)(F)F)C(CC(F)(F)F)CN1C(C)=O. The van der Waals surface area contributed by atoms with Gasteiger partial charge in [0.05, 0.1) is 6.04 Å². The molecule has 0 aromatic rings. The van der Waals surface area contributed by atoms with E-state index in [4.69, 9.17) is 0 Å². The molecule has 0 bridgehead atoms. The summed E-state index contributed by atoms with van der Waals surface area (Å²) >= 11 is 0. The number of nitrogens with zero attached hydrogens (tertiary/aromatic N) is 1. The van der Waals surface area contributed by atoms with E-state index in [9.17, 15) is 35.9 Å². The average molecular weight is 319 g/mol. The lowest BCUT2D eigenvalue weighted by Crippen LogP contribution is -2.42. The first-order valence-corrected chi connectivity index (χ1v) is 6.23. The maximum absolute atomic E-state index is 12.6. The molecule has 0 radical (unpaired) electrons. The summed E-state index contributed by atoms with van der Waals surface area (Å²) in [6.45, 7) is 1.52. The predicted octanol–water partition coefficient (Wildman–Crippen LogP) is 2.94. The molecule has 1 fully saturated rings. The van der Waals surface area contributed by atoms with Gasteiger partial charge in [0.1, 0.15) is 0 Å². The number of halogens is 6. The smallest absolute Gasteiger partial charge is 0.332 e. The van der Waals surface area contributed by atoms with Crippen molar-refractivity contribution >= 4 is 11.7 Å². The van der Waals surface area contributed by atoms with E-state index in [-0.39, 0.29) is 0 Å². The molecule has 1 heterocycles. The summed E-state index contributed by atoms with van der Waals surface area (Å²) in [5, 5.41) is 0. The molecule has 0 N–H and O–H groups in total. The van der Waals surface area contributed by atoms with Crippen molar-refractivity contribution in [3.8, 4) is 0 Å². The topological polar surface area (TPSA) is 37.4 Å². The highest BCUT2D eigenvalue weighted by Gasteiger charge is 2.52. The van der Waals surface area contributed by atoms with Gasteiger partial charge in [-0.15, -0.1) is 0 Å². The maximum atomic E-state index is 12.6. The van der Waals surface area contributed by atoms with Crippen molar-refractivity contribution < 1.29 is 35.9 Å². The molecule has 1 aliphatic rings. The first kappa shape index (κ1) is 17.8. The molecule has 3 unspecified atom stereocenters. The van der Waals surface area contributed by atoms with Gasteiger partial charge in [-0.25, -0.2) is 0 Å². The molecular weight excluding hydrogens is 304 g/mol. The van der Waals surface area contributed by atoms with Gasteiger partial charge in [0.25, 0.3) is 0 Å². The number of amides is 1. The maximum Gasteiger partial charge on any atom is 0.389 e. The second-order valence-electron chi connectivity index (χ2n) is 5.29. The second-order valence-corrected chi connectivity index (χ2v) is 5.29. The number of rotatable bonds is 3. The van der Waals surface area contributed by atoms with Crippen LogP contribution in [0.5, 0.6) is 0 Å². The number of carbonyl (C=O) groups excluding carboxylic acids is 2. The fourth-order valence-electron chi connectivity index (χ4n) is 2.89. The lowest BCUT2D eigenvalue weighted by atomic mass is 9.84. The Morgan fingerprint density at radius 1 is 1.00 bits per heavy atom. The summed E-state index contributed by atoms with van der Waals surface area (Å²) in [6.07, 6.45) is -12.3. The van der Waals surface area contributed by atoms with Gasteiger partial charge < -0.3 is 4.90 Å². The molecule has 0 spiro atoms. The van der Waals surface area contributed by atoms with Crippen molar-refractivity contribution in [1.29, 1.82) is 0 Å². The van der Waals surface area contributed by atoms with Gasteiger partial charge in [0.2, 0.25) is 5.91 Å². The first-order chi connectivity index (χ1) is 9.32. The molecule has 0 aromatic heterocycles. The van der Waals surface area contributed by atoms with E-state index < -0.39 is 61.3 Å². The number of Topliss-reactive ketones (excluding diaryl/α,β-unsaturated/α-hetero) is 1. The van der Waals surface area contributed by atoms with Crippen LogP contribution in [0.25, 0.3) is 0 Å². The van der Waals surface area contributed by atoms with E-state index in [1.165, 1.54) is 0 Å². The van der Waals surface area contributed by atoms with Gasteiger partial charge in [-0.2, -0.15) is 26.3 Å². The van der Waals surface area contributed by atoms with Gasteiger partial charge in [0, 0.05) is 26.3 Å². The van der Waals surface area contributed by atoms with Crippen molar-refractivity contribution in [2.75, 3.05) is 6.54 Å². The van der Waals surface area contributed by atoms with Crippen LogP contribution in [0.15, 0.2) is 0 Å². The quantitative estimate of drug-likeness (QED) is 0.750. The minimum absolute atomic E-state index is 0.486. The summed E-state index contributed by atoms with van der Waals surface area (Å²) in [7, 11) is 0. The standard InChI is InChI=1S/C12H15F6NO2/c1-6(20)10-9(4-12(16,17)18)8(3-11(13,14)15)5-19(10)7(2)21/h8-10H,3-5H2,1-2H3. The summed E-state index contributed by atoms with van der Waals surface area (Å²) in [6, 6.07) is -1.45. The first-order valence-electron chi connectivity index (χ1n) is 6.23. The Morgan fingerprint density at radius 3 is 1.81 bits per heavy atom. The highest BCUT2D eigenvalue weighted by Crippen LogP contribution is 2.43. The van der Waals surface area contributed by atoms with E-state index >= 15 is 0 Å². The molecule has 1 aliphatic heterocycles. The normalized spacial score (nSPS) is 27.0. The van der Waals surface area contributed by atoms with Crippen LogP contribution in [-0.4, -0.2) is 41.5 Å². The molecule has 21 heavy (non-hydrogen) atoms. The van der Waals surface area contributed by atoms with E-state index in [1.54, 1.807) is 0 Å². The van der Waals surface area contributed by atoms with Crippen LogP contribution in [0.4, 0.5) is 26.3 Å². The van der Waals surface area contributed by atoms with Gasteiger partial charge in [-0.3, -0.25) is 9.59 Å². The van der Waals surface area contributed by atoms with E-state index in [1.807, 2.05) is 0 Å². The van der Waals surface area contributed by atoms with Crippen LogP contribution >= 0.6 is 0 Å². The highest BCUT2D eigenvalue weighted by atomic mass is 19.4. The van der Waals surface area contributed by atoms with Crippen molar-refractivity contribution in [2.24, 2.45) is 11.8 Å². The van der Waals surface area contributed by atoms with Crippen LogP contribution in [0.3, 0.4) is 0 Å². The predicted molar refractivity (Wildman–Crippen MR) is 60.2 cm³/mol. The molecule has 1 saturated heterocycles. The van der Waals surface area contributed by atoms with Crippen LogP contribution in [-0.2, 0) is 9.59 Å². The minimum atomic E-state index is -4.70. The summed E-state index contributed by atoms with van der Waals surface area (Å²) in [5.41, 5.74) is 0. The van der Waals surface area contributed by atoms with E-state index in [0.29, 0.717) is 0 Å². The largest absolute Gasteiger partial charge is 0.389 e. The summed E-state index contributed by atoms with van der Waals surface area (Å²) in [5.74, 6) is -4.42. The lowest BCUT2D eigenvalue weighted by molar-refractivity contribution is -0.166. The van der Waals surface area contributed by atoms with Gasteiger partial charge in [0.15, 0.2) is 5.78 Å². The Morgan fingerprint density at radius 2 is 1.48 bits per heavy atom. The summed E-state index contributed by atoms with van der Waals surface area (Å²) < 4.78 is 75.2. The molecule has 0 saturated carbocycles. The average Bonchev–Trinajstić information content (AvgIpc) is 2.52. The molecule has 0 aromatic carbocycles. The Bertz CT molecular complexity index is 417. The highest BCUT2D eigenvalue weighted by molar-refractivity contribution is 5.87.